The van der Waals surface area contributed by atoms with E-state index in [-0.39, 0.29) is 11.7 Å². The molecule has 0 atom stereocenters. The molecule has 0 spiro atoms. The van der Waals surface area contributed by atoms with E-state index in [9.17, 15) is 13.2 Å². The normalized spacial score (nSPS) is 11.7. The summed E-state index contributed by atoms with van der Waals surface area (Å²) in [6.07, 6.45) is -4.39. The highest BCUT2D eigenvalue weighted by atomic mass is 35.5. The molecule has 4 aromatic rings. The Balaban J connectivity index is 1.39. The molecule has 0 N–H and O–H groups in total. The number of halogens is 4. The third-order valence-electron chi connectivity index (χ3n) is 4.20. The van der Waals surface area contributed by atoms with Gasteiger partial charge in [0.15, 0.2) is 5.76 Å². The van der Waals surface area contributed by atoms with Gasteiger partial charge in [-0.3, -0.25) is 0 Å². The molecule has 0 aliphatic rings. The van der Waals surface area contributed by atoms with Gasteiger partial charge in [-0.1, -0.05) is 41.0 Å². The molecule has 2 aromatic heterocycles. The molecule has 0 saturated heterocycles. The molecule has 0 fully saturated rings. The number of thioether (sulfide) groups is 1. The van der Waals surface area contributed by atoms with E-state index in [1.165, 1.54) is 12.1 Å². The van der Waals surface area contributed by atoms with Crippen LogP contribution in [-0.4, -0.2) is 10.1 Å². The molecule has 2 heterocycles. The average Bonchev–Trinajstić information content (AvgIpc) is 3.39. The van der Waals surface area contributed by atoms with Crippen LogP contribution in [-0.2, 0) is 17.7 Å². The lowest BCUT2D eigenvalue weighted by atomic mass is 10.1. The lowest BCUT2D eigenvalue weighted by Gasteiger charge is -2.05. The maximum Gasteiger partial charge on any atom is 0.416 e. The SMILES string of the molecule is FC(F)(F)c1ccc(-c2noc(-c3ccc(CSCc4ccc(Cl)cc4)o3)n2)cc1. The van der Waals surface area contributed by atoms with Gasteiger partial charge in [-0.05, 0) is 42.0 Å². The Hall–Kier alpha value is -2.71. The maximum atomic E-state index is 12.7. The average molecular weight is 451 g/mol. The Morgan fingerprint density at radius 2 is 1.63 bits per heavy atom. The molecule has 0 unspecified atom stereocenters. The van der Waals surface area contributed by atoms with E-state index < -0.39 is 11.7 Å². The first-order valence-corrected chi connectivity index (χ1v) is 10.3. The molecular weight excluding hydrogens is 437 g/mol. The number of nitrogens with zero attached hydrogens (tertiary/aromatic N) is 2. The van der Waals surface area contributed by atoms with E-state index in [0.717, 1.165) is 29.2 Å². The summed E-state index contributed by atoms with van der Waals surface area (Å²) in [7, 11) is 0. The van der Waals surface area contributed by atoms with Crippen molar-refractivity contribution in [3.63, 3.8) is 0 Å². The van der Waals surface area contributed by atoms with E-state index in [0.29, 0.717) is 22.1 Å². The zero-order valence-corrected chi connectivity index (χ0v) is 16.9. The minimum absolute atomic E-state index is 0.166. The standard InChI is InChI=1S/C21H14ClF3N2O2S/c22-16-7-1-13(2-8-16)11-30-12-17-9-10-18(28-17)20-26-19(27-29-20)14-3-5-15(6-4-14)21(23,24)25/h1-10H,11-12H2. The fourth-order valence-corrected chi connectivity index (χ4v) is 3.68. The number of aromatic nitrogens is 2. The van der Waals surface area contributed by atoms with Gasteiger partial charge < -0.3 is 8.94 Å². The third-order valence-corrected chi connectivity index (χ3v) is 5.47. The van der Waals surface area contributed by atoms with Gasteiger partial charge in [-0.15, -0.1) is 11.8 Å². The lowest BCUT2D eigenvalue weighted by Crippen LogP contribution is -2.04. The minimum atomic E-state index is -4.39. The van der Waals surface area contributed by atoms with Gasteiger partial charge in [0.25, 0.3) is 5.89 Å². The second kappa shape index (κ2) is 8.57. The summed E-state index contributed by atoms with van der Waals surface area (Å²) in [5, 5.41) is 4.53. The zero-order chi connectivity index (χ0) is 21.1. The minimum Gasteiger partial charge on any atom is -0.455 e. The predicted octanol–water partition coefficient (Wildman–Crippen LogP) is 7.10. The topological polar surface area (TPSA) is 52.1 Å². The number of hydrogen-bond acceptors (Lipinski definition) is 5. The molecule has 30 heavy (non-hydrogen) atoms. The molecule has 4 nitrogen and oxygen atoms in total. The Kier molecular flexibility index (Phi) is 5.87. The van der Waals surface area contributed by atoms with Gasteiger partial charge in [0, 0.05) is 16.3 Å². The Morgan fingerprint density at radius 1 is 0.900 bits per heavy atom. The fraction of sp³-hybridized carbons (Fsp3) is 0.143. The van der Waals surface area contributed by atoms with Crippen LogP contribution >= 0.6 is 23.4 Å². The molecule has 154 valence electrons. The molecule has 9 heteroatoms. The second-order valence-electron chi connectivity index (χ2n) is 6.38. The molecule has 0 aliphatic carbocycles. The summed E-state index contributed by atoms with van der Waals surface area (Å²) in [5.41, 5.74) is 0.847. The van der Waals surface area contributed by atoms with Crippen molar-refractivity contribution in [3.05, 3.63) is 82.6 Å². The Morgan fingerprint density at radius 3 is 2.33 bits per heavy atom. The predicted molar refractivity (Wildman–Crippen MR) is 109 cm³/mol. The van der Waals surface area contributed by atoms with Crippen LogP contribution in [0.2, 0.25) is 5.02 Å². The highest BCUT2D eigenvalue weighted by molar-refractivity contribution is 7.97. The summed E-state index contributed by atoms with van der Waals surface area (Å²) in [6.45, 7) is 0. The van der Waals surface area contributed by atoms with Crippen LogP contribution in [0.3, 0.4) is 0 Å². The van der Waals surface area contributed by atoms with Crippen molar-refractivity contribution in [2.24, 2.45) is 0 Å². The van der Waals surface area contributed by atoms with Crippen LogP contribution in [0.15, 0.2) is 69.6 Å². The number of rotatable bonds is 6. The van der Waals surface area contributed by atoms with E-state index in [1.54, 1.807) is 17.8 Å². The van der Waals surface area contributed by atoms with Crippen molar-refractivity contribution in [2.45, 2.75) is 17.7 Å². The number of benzene rings is 2. The van der Waals surface area contributed by atoms with Crippen LogP contribution in [0, 0.1) is 0 Å². The summed E-state index contributed by atoms with van der Waals surface area (Å²) < 4.78 is 49.0. The van der Waals surface area contributed by atoms with Crippen LogP contribution in [0.25, 0.3) is 23.0 Å². The summed E-state index contributed by atoms with van der Waals surface area (Å²) in [4.78, 5) is 4.22. The van der Waals surface area contributed by atoms with Gasteiger partial charge in [-0.2, -0.15) is 18.2 Å². The van der Waals surface area contributed by atoms with Gasteiger partial charge in [0.2, 0.25) is 5.82 Å². The zero-order valence-electron chi connectivity index (χ0n) is 15.3. The molecule has 0 saturated carbocycles. The second-order valence-corrected chi connectivity index (χ2v) is 7.81. The molecule has 0 bridgehead atoms. The van der Waals surface area contributed by atoms with Crippen molar-refractivity contribution >= 4 is 23.4 Å². The van der Waals surface area contributed by atoms with Gasteiger partial charge >= 0.3 is 6.18 Å². The van der Waals surface area contributed by atoms with Crippen molar-refractivity contribution in [1.29, 1.82) is 0 Å². The number of furan rings is 1. The van der Waals surface area contributed by atoms with Crippen molar-refractivity contribution < 1.29 is 22.1 Å². The Bertz CT molecular complexity index is 1120. The highest BCUT2D eigenvalue weighted by Gasteiger charge is 2.30. The van der Waals surface area contributed by atoms with Gasteiger partial charge in [-0.25, -0.2) is 0 Å². The first-order valence-electron chi connectivity index (χ1n) is 8.81. The molecular formula is C21H14ClF3N2O2S. The molecule has 4 rings (SSSR count). The third kappa shape index (κ3) is 4.88. The summed E-state index contributed by atoms with van der Waals surface area (Å²) >= 11 is 7.57. The van der Waals surface area contributed by atoms with Crippen molar-refractivity contribution in [3.8, 4) is 23.0 Å². The largest absolute Gasteiger partial charge is 0.455 e. The monoisotopic (exact) mass is 450 g/mol. The molecule has 0 amide bonds. The van der Waals surface area contributed by atoms with Crippen LogP contribution in [0.1, 0.15) is 16.9 Å². The smallest absolute Gasteiger partial charge is 0.416 e. The van der Waals surface area contributed by atoms with Crippen LogP contribution in [0.4, 0.5) is 13.2 Å². The first kappa shape index (κ1) is 20.6. The lowest BCUT2D eigenvalue weighted by molar-refractivity contribution is -0.137. The molecule has 2 aromatic carbocycles. The first-order chi connectivity index (χ1) is 14.4. The Labute approximate surface area is 179 Å². The molecule has 0 aliphatic heterocycles. The van der Waals surface area contributed by atoms with E-state index in [1.807, 2.05) is 30.3 Å². The highest BCUT2D eigenvalue weighted by Crippen LogP contribution is 2.31. The van der Waals surface area contributed by atoms with E-state index in [4.69, 9.17) is 20.5 Å². The quantitative estimate of drug-likeness (QED) is 0.313. The fourth-order valence-electron chi connectivity index (χ4n) is 2.67. The van der Waals surface area contributed by atoms with Gasteiger partial charge in [0.05, 0.1) is 11.3 Å². The molecule has 0 radical (unpaired) electrons. The van der Waals surface area contributed by atoms with Crippen molar-refractivity contribution in [2.75, 3.05) is 0 Å². The van der Waals surface area contributed by atoms with E-state index >= 15 is 0 Å². The van der Waals surface area contributed by atoms with E-state index in [2.05, 4.69) is 10.1 Å². The van der Waals surface area contributed by atoms with Gasteiger partial charge in [0.1, 0.15) is 5.76 Å². The van der Waals surface area contributed by atoms with Crippen LogP contribution < -0.4 is 0 Å². The number of hydrogen-bond donors (Lipinski definition) is 0. The summed E-state index contributed by atoms with van der Waals surface area (Å²) in [6, 6.07) is 15.8. The summed E-state index contributed by atoms with van der Waals surface area (Å²) in [5.74, 6) is 2.97. The maximum absolute atomic E-state index is 12.7. The number of alkyl halides is 3. The van der Waals surface area contributed by atoms with Crippen LogP contribution in [0.5, 0.6) is 0 Å². The van der Waals surface area contributed by atoms with Crippen molar-refractivity contribution in [1.82, 2.24) is 10.1 Å².